The summed E-state index contributed by atoms with van der Waals surface area (Å²) < 4.78 is 1.20. The van der Waals surface area contributed by atoms with Crippen molar-refractivity contribution in [3.63, 3.8) is 0 Å². The molecular formula is C13H15BrN2S. The van der Waals surface area contributed by atoms with E-state index < -0.39 is 0 Å². The van der Waals surface area contributed by atoms with Crippen LogP contribution in [0.3, 0.4) is 0 Å². The van der Waals surface area contributed by atoms with Crippen LogP contribution in [0.15, 0.2) is 35.1 Å². The highest BCUT2D eigenvalue weighted by molar-refractivity contribution is 9.10. The number of hydrogen-bond donors (Lipinski definition) is 1. The van der Waals surface area contributed by atoms with Crippen molar-refractivity contribution in [3.05, 3.63) is 50.4 Å². The van der Waals surface area contributed by atoms with Crippen LogP contribution in [0.2, 0.25) is 0 Å². The van der Waals surface area contributed by atoms with Gasteiger partial charge in [0, 0.05) is 39.2 Å². The molecule has 0 saturated heterocycles. The van der Waals surface area contributed by atoms with Crippen LogP contribution in [0.5, 0.6) is 0 Å². The second-order valence-corrected chi connectivity index (χ2v) is 6.20. The van der Waals surface area contributed by atoms with Gasteiger partial charge in [-0.25, -0.2) is 0 Å². The Hall–Kier alpha value is -0.710. The van der Waals surface area contributed by atoms with E-state index in [0.717, 1.165) is 6.54 Å². The summed E-state index contributed by atoms with van der Waals surface area (Å²) >= 11 is 5.37. The largest absolute Gasteiger partial charge is 0.305 e. The fraction of sp³-hybridized carbons (Fsp3) is 0.308. The molecule has 2 aromatic heterocycles. The third kappa shape index (κ3) is 3.37. The second-order valence-electron chi connectivity index (χ2n) is 4.00. The van der Waals surface area contributed by atoms with Gasteiger partial charge < -0.3 is 5.32 Å². The Morgan fingerprint density at radius 2 is 2.12 bits per heavy atom. The van der Waals surface area contributed by atoms with Crippen LogP contribution in [0, 0.1) is 6.92 Å². The van der Waals surface area contributed by atoms with E-state index in [1.165, 1.54) is 19.8 Å². The fourth-order valence-electron chi connectivity index (χ4n) is 1.63. The summed E-state index contributed by atoms with van der Waals surface area (Å²) in [6.07, 6.45) is 3.67. The first-order chi connectivity index (χ1) is 8.16. The normalized spacial score (nSPS) is 12.6. The molecule has 90 valence electrons. The third-order valence-electron chi connectivity index (χ3n) is 2.70. The van der Waals surface area contributed by atoms with Gasteiger partial charge in [-0.05, 0) is 53.5 Å². The summed E-state index contributed by atoms with van der Waals surface area (Å²) in [6, 6.07) is 6.63. The Kier molecular flexibility index (Phi) is 4.31. The molecule has 1 N–H and O–H groups in total. The molecule has 2 nitrogen and oxygen atoms in total. The van der Waals surface area contributed by atoms with Crippen LogP contribution < -0.4 is 5.32 Å². The smallest absolute Gasteiger partial charge is 0.0314 e. The number of aromatic nitrogens is 1. The van der Waals surface area contributed by atoms with Crippen LogP contribution in [-0.4, -0.2) is 4.98 Å². The van der Waals surface area contributed by atoms with Crippen molar-refractivity contribution in [2.45, 2.75) is 26.4 Å². The van der Waals surface area contributed by atoms with Crippen LogP contribution in [0.1, 0.15) is 28.3 Å². The van der Waals surface area contributed by atoms with Gasteiger partial charge >= 0.3 is 0 Å². The molecule has 1 atom stereocenters. The maximum atomic E-state index is 4.03. The van der Waals surface area contributed by atoms with Crippen LogP contribution >= 0.6 is 27.3 Å². The van der Waals surface area contributed by atoms with E-state index in [-0.39, 0.29) is 0 Å². The molecule has 0 unspecified atom stereocenters. The minimum Gasteiger partial charge on any atom is -0.305 e. The van der Waals surface area contributed by atoms with Gasteiger partial charge in [0.1, 0.15) is 0 Å². The summed E-state index contributed by atoms with van der Waals surface area (Å²) in [5.41, 5.74) is 1.27. The molecule has 2 rings (SSSR count). The van der Waals surface area contributed by atoms with Crippen molar-refractivity contribution < 1.29 is 0 Å². The van der Waals surface area contributed by atoms with E-state index in [1.54, 1.807) is 0 Å². The zero-order valence-electron chi connectivity index (χ0n) is 9.90. The van der Waals surface area contributed by atoms with Crippen LogP contribution in [0.4, 0.5) is 0 Å². The van der Waals surface area contributed by atoms with Gasteiger partial charge in [0.15, 0.2) is 0 Å². The van der Waals surface area contributed by atoms with E-state index in [2.05, 4.69) is 46.1 Å². The molecule has 0 aromatic carbocycles. The molecule has 0 fully saturated rings. The highest BCUT2D eigenvalue weighted by Crippen LogP contribution is 2.26. The Labute approximate surface area is 114 Å². The lowest BCUT2D eigenvalue weighted by atomic mass is 10.1. The number of rotatable bonds is 4. The minimum absolute atomic E-state index is 0.346. The quantitative estimate of drug-likeness (QED) is 0.921. The lowest BCUT2D eigenvalue weighted by Crippen LogP contribution is -2.17. The molecule has 0 saturated carbocycles. The van der Waals surface area contributed by atoms with Gasteiger partial charge in [0.05, 0.1) is 0 Å². The number of nitrogens with one attached hydrogen (secondary N) is 1. The Bertz CT molecular complexity index is 462. The van der Waals surface area contributed by atoms with Gasteiger partial charge in [-0.1, -0.05) is 0 Å². The summed E-state index contributed by atoms with van der Waals surface area (Å²) in [7, 11) is 0. The highest BCUT2D eigenvalue weighted by Gasteiger charge is 2.06. The lowest BCUT2D eigenvalue weighted by molar-refractivity contribution is 0.578. The molecule has 0 bridgehead atoms. The first-order valence-corrected chi connectivity index (χ1v) is 7.16. The average Bonchev–Trinajstić information content (AvgIpc) is 2.67. The van der Waals surface area contributed by atoms with Crippen molar-refractivity contribution in [2.24, 2.45) is 0 Å². The number of halogens is 1. The molecule has 0 aliphatic heterocycles. The SMILES string of the molecule is Cc1sc(CN[C@H](C)c2ccncc2)cc1Br. The van der Waals surface area contributed by atoms with Crippen molar-refractivity contribution in [3.8, 4) is 0 Å². The van der Waals surface area contributed by atoms with Crippen molar-refractivity contribution in [2.75, 3.05) is 0 Å². The van der Waals surface area contributed by atoms with Crippen molar-refractivity contribution in [1.82, 2.24) is 10.3 Å². The first kappa shape index (κ1) is 12.7. The van der Waals surface area contributed by atoms with Crippen LogP contribution in [0.25, 0.3) is 0 Å². The van der Waals surface area contributed by atoms with E-state index >= 15 is 0 Å². The van der Waals surface area contributed by atoms with E-state index in [4.69, 9.17) is 0 Å². The van der Waals surface area contributed by atoms with E-state index in [9.17, 15) is 0 Å². The Balaban J connectivity index is 1.94. The summed E-state index contributed by atoms with van der Waals surface area (Å²) in [5.74, 6) is 0. The minimum atomic E-state index is 0.346. The Morgan fingerprint density at radius 3 is 2.71 bits per heavy atom. The maximum absolute atomic E-state index is 4.03. The van der Waals surface area contributed by atoms with Gasteiger partial charge in [-0.3, -0.25) is 4.98 Å². The maximum Gasteiger partial charge on any atom is 0.0314 e. The highest BCUT2D eigenvalue weighted by atomic mass is 79.9. The number of hydrogen-bond acceptors (Lipinski definition) is 3. The predicted molar refractivity (Wildman–Crippen MR) is 76.2 cm³/mol. The third-order valence-corrected chi connectivity index (χ3v) is 4.83. The zero-order chi connectivity index (χ0) is 12.3. The van der Waals surface area contributed by atoms with Gasteiger partial charge in [-0.2, -0.15) is 0 Å². The predicted octanol–water partition coefficient (Wildman–Crippen LogP) is 4.06. The summed E-state index contributed by atoms with van der Waals surface area (Å²) in [5, 5.41) is 3.52. The fourth-order valence-corrected chi connectivity index (χ4v) is 3.18. The molecule has 0 radical (unpaired) electrons. The van der Waals surface area contributed by atoms with Crippen LogP contribution in [-0.2, 0) is 6.54 Å². The van der Waals surface area contributed by atoms with Gasteiger partial charge in [0.25, 0.3) is 0 Å². The molecule has 0 spiro atoms. The summed E-state index contributed by atoms with van der Waals surface area (Å²) in [6.45, 7) is 5.20. The monoisotopic (exact) mass is 310 g/mol. The average molecular weight is 311 g/mol. The lowest BCUT2D eigenvalue weighted by Gasteiger charge is -2.12. The topological polar surface area (TPSA) is 24.9 Å². The number of thiophene rings is 1. The molecule has 0 aliphatic rings. The molecule has 2 heterocycles. The second kappa shape index (κ2) is 5.76. The molecular weight excluding hydrogens is 296 g/mol. The number of pyridine rings is 1. The van der Waals surface area contributed by atoms with Crippen molar-refractivity contribution in [1.29, 1.82) is 0 Å². The molecule has 0 amide bonds. The summed E-state index contributed by atoms with van der Waals surface area (Å²) in [4.78, 5) is 6.72. The standard InChI is InChI=1S/C13H15BrN2S/c1-9(11-3-5-15-6-4-11)16-8-12-7-13(14)10(2)17-12/h3-7,9,16H,8H2,1-2H3/t9-/m1/s1. The molecule has 17 heavy (non-hydrogen) atoms. The zero-order valence-corrected chi connectivity index (χ0v) is 12.3. The molecule has 2 aromatic rings. The van der Waals surface area contributed by atoms with Gasteiger partial charge in [0.2, 0.25) is 0 Å². The van der Waals surface area contributed by atoms with E-state index in [1.807, 2.05) is 35.9 Å². The first-order valence-electron chi connectivity index (χ1n) is 5.55. The number of aryl methyl sites for hydroxylation is 1. The number of nitrogens with zero attached hydrogens (tertiary/aromatic N) is 1. The molecule has 0 aliphatic carbocycles. The Morgan fingerprint density at radius 1 is 1.41 bits per heavy atom. The van der Waals surface area contributed by atoms with Crippen molar-refractivity contribution >= 4 is 27.3 Å². The van der Waals surface area contributed by atoms with Gasteiger partial charge in [-0.15, -0.1) is 11.3 Å². The van der Waals surface area contributed by atoms with E-state index in [0.29, 0.717) is 6.04 Å². The molecule has 4 heteroatoms.